The van der Waals surface area contributed by atoms with Gasteiger partial charge in [0.05, 0.1) is 12.8 Å². The predicted molar refractivity (Wildman–Crippen MR) is 71.5 cm³/mol. The minimum absolute atomic E-state index is 0.326. The van der Waals surface area contributed by atoms with Gasteiger partial charge in [0.25, 0.3) is 0 Å². The first-order chi connectivity index (χ1) is 9.22. The predicted octanol–water partition coefficient (Wildman–Crippen LogP) is 1.55. The molecule has 6 nitrogen and oxygen atoms in total. The second kappa shape index (κ2) is 5.69. The fourth-order valence-corrected chi connectivity index (χ4v) is 1.58. The maximum atomic E-state index is 8.74. The van der Waals surface area contributed by atoms with Crippen LogP contribution >= 0.6 is 0 Å². The first-order valence-electron chi connectivity index (χ1n) is 5.62. The first kappa shape index (κ1) is 12.6. The van der Waals surface area contributed by atoms with Crippen molar-refractivity contribution in [2.24, 2.45) is 0 Å². The molecule has 0 amide bonds. The normalized spacial score (nSPS) is 9.68. The topological polar surface area (TPSA) is 96.8 Å². The lowest BCUT2D eigenvalue weighted by molar-refractivity contribution is 0.417. The fraction of sp³-hybridized carbons (Fsp3) is 0.154. The molecule has 3 N–H and O–H groups in total. The number of rotatable bonds is 4. The Hall–Kier alpha value is -2.81. The van der Waals surface area contributed by atoms with Crippen LogP contribution in [0.1, 0.15) is 11.3 Å². The number of nitrogen functional groups attached to an aromatic ring is 1. The molecule has 0 aliphatic carbocycles. The van der Waals surface area contributed by atoms with Crippen molar-refractivity contribution < 1.29 is 4.74 Å². The second-order valence-electron chi connectivity index (χ2n) is 3.81. The lowest BCUT2D eigenvalue weighted by Gasteiger charge is -2.08. The van der Waals surface area contributed by atoms with Crippen molar-refractivity contribution in [2.75, 3.05) is 18.2 Å². The number of anilines is 2. The van der Waals surface area contributed by atoms with Gasteiger partial charge in [-0.1, -0.05) is 6.07 Å². The van der Waals surface area contributed by atoms with Gasteiger partial charge in [-0.25, -0.2) is 9.97 Å². The van der Waals surface area contributed by atoms with Crippen LogP contribution in [0, 0.1) is 11.3 Å². The molecule has 19 heavy (non-hydrogen) atoms. The monoisotopic (exact) mass is 255 g/mol. The molecule has 0 unspecified atom stereocenters. The molecule has 0 spiro atoms. The zero-order valence-electron chi connectivity index (χ0n) is 10.4. The van der Waals surface area contributed by atoms with Gasteiger partial charge >= 0.3 is 0 Å². The second-order valence-corrected chi connectivity index (χ2v) is 3.81. The SMILES string of the molecule is COc1ccc(CNc2nccc(C#N)n2)cc1N. The molecule has 0 radical (unpaired) electrons. The average molecular weight is 255 g/mol. The van der Waals surface area contributed by atoms with Crippen molar-refractivity contribution >= 4 is 11.6 Å². The van der Waals surface area contributed by atoms with Gasteiger partial charge in [0.15, 0.2) is 0 Å². The minimum atomic E-state index is 0.326. The van der Waals surface area contributed by atoms with Crippen molar-refractivity contribution in [3.63, 3.8) is 0 Å². The number of nitriles is 1. The smallest absolute Gasteiger partial charge is 0.224 e. The van der Waals surface area contributed by atoms with E-state index in [9.17, 15) is 0 Å². The summed E-state index contributed by atoms with van der Waals surface area (Å²) in [6.07, 6.45) is 1.54. The van der Waals surface area contributed by atoms with Gasteiger partial charge < -0.3 is 15.8 Å². The zero-order valence-corrected chi connectivity index (χ0v) is 10.4. The van der Waals surface area contributed by atoms with E-state index in [4.69, 9.17) is 15.7 Å². The summed E-state index contributed by atoms with van der Waals surface area (Å²) in [5.74, 6) is 1.06. The summed E-state index contributed by atoms with van der Waals surface area (Å²) in [5.41, 5.74) is 7.70. The van der Waals surface area contributed by atoms with Crippen molar-refractivity contribution in [3.8, 4) is 11.8 Å². The Morgan fingerprint density at radius 1 is 1.42 bits per heavy atom. The third kappa shape index (κ3) is 3.10. The summed E-state index contributed by atoms with van der Waals surface area (Å²) in [6.45, 7) is 0.517. The van der Waals surface area contributed by atoms with Crippen LogP contribution in [0.4, 0.5) is 11.6 Å². The molecule has 0 saturated heterocycles. The van der Waals surface area contributed by atoms with Gasteiger partial charge in [-0.3, -0.25) is 0 Å². The Bertz CT molecular complexity index is 621. The highest BCUT2D eigenvalue weighted by atomic mass is 16.5. The zero-order chi connectivity index (χ0) is 13.7. The summed E-state index contributed by atoms with van der Waals surface area (Å²) >= 11 is 0. The van der Waals surface area contributed by atoms with Gasteiger partial charge in [-0.05, 0) is 23.8 Å². The number of methoxy groups -OCH3 is 1. The third-order valence-corrected chi connectivity index (χ3v) is 2.51. The fourth-order valence-electron chi connectivity index (χ4n) is 1.58. The van der Waals surface area contributed by atoms with Crippen molar-refractivity contribution in [3.05, 3.63) is 41.7 Å². The summed E-state index contributed by atoms with van der Waals surface area (Å²) in [4.78, 5) is 8.05. The summed E-state index contributed by atoms with van der Waals surface area (Å²) in [6, 6.07) is 9.04. The van der Waals surface area contributed by atoms with Gasteiger partial charge in [0.1, 0.15) is 17.5 Å². The van der Waals surface area contributed by atoms with E-state index >= 15 is 0 Å². The van der Waals surface area contributed by atoms with Crippen molar-refractivity contribution in [2.45, 2.75) is 6.54 Å². The van der Waals surface area contributed by atoms with Gasteiger partial charge in [0, 0.05) is 12.7 Å². The maximum absolute atomic E-state index is 8.74. The molecule has 2 rings (SSSR count). The Morgan fingerprint density at radius 3 is 2.95 bits per heavy atom. The lowest BCUT2D eigenvalue weighted by Crippen LogP contribution is -2.05. The van der Waals surface area contributed by atoms with Crippen LogP contribution in [0.3, 0.4) is 0 Å². The van der Waals surface area contributed by atoms with Crippen LogP contribution in [0.25, 0.3) is 0 Å². The van der Waals surface area contributed by atoms with Crippen LogP contribution in [0.5, 0.6) is 5.75 Å². The van der Waals surface area contributed by atoms with Crippen molar-refractivity contribution in [1.29, 1.82) is 5.26 Å². The average Bonchev–Trinajstić information content (AvgIpc) is 2.45. The molecule has 0 atom stereocenters. The van der Waals surface area contributed by atoms with E-state index in [1.54, 1.807) is 19.2 Å². The standard InChI is InChI=1S/C13H13N5O/c1-19-12-3-2-9(6-11(12)15)8-17-13-16-5-4-10(7-14)18-13/h2-6H,8,15H2,1H3,(H,16,17,18). The number of aromatic nitrogens is 2. The van der Waals surface area contributed by atoms with E-state index < -0.39 is 0 Å². The first-order valence-corrected chi connectivity index (χ1v) is 5.62. The van der Waals surface area contributed by atoms with E-state index in [1.807, 2.05) is 18.2 Å². The lowest BCUT2D eigenvalue weighted by atomic mass is 10.2. The van der Waals surface area contributed by atoms with Crippen LogP contribution in [-0.2, 0) is 6.54 Å². The van der Waals surface area contributed by atoms with Gasteiger partial charge in [-0.2, -0.15) is 5.26 Å². The number of hydrogen-bond donors (Lipinski definition) is 2. The molecule has 1 heterocycles. The Labute approximate surface area is 110 Å². The molecule has 0 fully saturated rings. The van der Waals surface area contributed by atoms with E-state index in [-0.39, 0.29) is 0 Å². The quantitative estimate of drug-likeness (QED) is 0.804. The summed E-state index contributed by atoms with van der Waals surface area (Å²) in [7, 11) is 1.57. The molecule has 0 bridgehead atoms. The van der Waals surface area contributed by atoms with Crippen LogP contribution in [0.2, 0.25) is 0 Å². The van der Waals surface area contributed by atoms with Gasteiger partial charge in [-0.15, -0.1) is 0 Å². The maximum Gasteiger partial charge on any atom is 0.224 e. The molecule has 2 aromatic rings. The molecule has 0 saturated carbocycles. The highest BCUT2D eigenvalue weighted by molar-refractivity contribution is 5.54. The molecule has 0 aliphatic heterocycles. The van der Waals surface area contributed by atoms with Crippen molar-refractivity contribution in [1.82, 2.24) is 9.97 Å². The van der Waals surface area contributed by atoms with Crippen LogP contribution < -0.4 is 15.8 Å². The number of hydrogen-bond acceptors (Lipinski definition) is 6. The number of ether oxygens (including phenoxy) is 1. The number of benzene rings is 1. The van der Waals surface area contributed by atoms with E-state index in [0.29, 0.717) is 29.6 Å². The summed E-state index contributed by atoms with van der Waals surface area (Å²) in [5, 5.41) is 11.8. The highest BCUT2D eigenvalue weighted by Crippen LogP contribution is 2.22. The highest BCUT2D eigenvalue weighted by Gasteiger charge is 2.02. The van der Waals surface area contributed by atoms with Gasteiger partial charge in [0.2, 0.25) is 5.95 Å². The van der Waals surface area contributed by atoms with Crippen LogP contribution in [0.15, 0.2) is 30.5 Å². The van der Waals surface area contributed by atoms with E-state index in [1.165, 1.54) is 6.20 Å². The third-order valence-electron chi connectivity index (χ3n) is 2.51. The van der Waals surface area contributed by atoms with E-state index in [0.717, 1.165) is 5.56 Å². The minimum Gasteiger partial charge on any atom is -0.495 e. The number of nitrogens with one attached hydrogen (secondary N) is 1. The summed E-state index contributed by atoms with van der Waals surface area (Å²) < 4.78 is 5.09. The molecular weight excluding hydrogens is 242 g/mol. The molecule has 96 valence electrons. The molecule has 1 aromatic carbocycles. The molecule has 1 aromatic heterocycles. The largest absolute Gasteiger partial charge is 0.495 e. The van der Waals surface area contributed by atoms with Crippen LogP contribution in [-0.4, -0.2) is 17.1 Å². The number of nitrogens with zero attached hydrogens (tertiary/aromatic N) is 3. The Balaban J connectivity index is 2.06. The van der Waals surface area contributed by atoms with E-state index in [2.05, 4.69) is 15.3 Å². The molecular formula is C13H13N5O. The molecule has 0 aliphatic rings. The Morgan fingerprint density at radius 2 is 2.26 bits per heavy atom. The molecule has 6 heteroatoms. The Kier molecular flexibility index (Phi) is 3.78. The number of nitrogens with two attached hydrogens (primary N) is 1.